The van der Waals surface area contributed by atoms with Crippen molar-refractivity contribution >= 4 is 5.69 Å². The molecule has 2 heterocycles. The highest BCUT2D eigenvalue weighted by atomic mass is 16.6. The fourth-order valence-corrected chi connectivity index (χ4v) is 2.01. The van der Waals surface area contributed by atoms with Gasteiger partial charge in [-0.25, -0.2) is 0 Å². The van der Waals surface area contributed by atoms with Crippen LogP contribution in [0.5, 0.6) is 5.75 Å². The lowest BCUT2D eigenvalue weighted by molar-refractivity contribution is -0.385. The highest BCUT2D eigenvalue weighted by Gasteiger charge is 2.20. The highest BCUT2D eigenvalue weighted by Crippen LogP contribution is 2.23. The lowest BCUT2D eigenvalue weighted by atomic mass is 10.2. The molecule has 0 radical (unpaired) electrons. The van der Waals surface area contributed by atoms with Gasteiger partial charge in [-0.1, -0.05) is 5.16 Å². The van der Waals surface area contributed by atoms with Crippen molar-refractivity contribution in [3.05, 3.63) is 52.7 Å². The summed E-state index contributed by atoms with van der Waals surface area (Å²) in [6.07, 6.45) is 2.50. The van der Waals surface area contributed by atoms with Gasteiger partial charge in [-0.2, -0.15) is 10.1 Å². The van der Waals surface area contributed by atoms with Crippen molar-refractivity contribution in [2.24, 2.45) is 0 Å². The summed E-state index contributed by atoms with van der Waals surface area (Å²) in [5.41, 5.74) is 0.686. The van der Waals surface area contributed by atoms with E-state index in [1.54, 1.807) is 26.2 Å². The standard InChI is InChI=1S/C14H13N5O4/c1-9(18-8-11(7-15-18)19(20)21)14-16-13(17-23-14)10-3-5-12(22-2)6-4-10/h3-9H,1-2H3/t9-/m1/s1. The van der Waals surface area contributed by atoms with Gasteiger partial charge in [0.15, 0.2) is 0 Å². The van der Waals surface area contributed by atoms with E-state index in [9.17, 15) is 10.1 Å². The van der Waals surface area contributed by atoms with Gasteiger partial charge in [-0.05, 0) is 31.2 Å². The fourth-order valence-electron chi connectivity index (χ4n) is 2.01. The summed E-state index contributed by atoms with van der Waals surface area (Å²) in [5, 5.41) is 18.6. The predicted molar refractivity (Wildman–Crippen MR) is 79.0 cm³/mol. The minimum atomic E-state index is -0.507. The van der Waals surface area contributed by atoms with Crippen LogP contribution in [0.15, 0.2) is 41.2 Å². The normalized spacial score (nSPS) is 12.1. The van der Waals surface area contributed by atoms with E-state index in [0.29, 0.717) is 11.7 Å². The van der Waals surface area contributed by atoms with E-state index in [1.807, 2.05) is 12.1 Å². The number of aromatic nitrogens is 4. The van der Waals surface area contributed by atoms with Crippen LogP contribution in [0.2, 0.25) is 0 Å². The number of methoxy groups -OCH3 is 1. The minimum absolute atomic E-state index is 0.0910. The Morgan fingerprint density at radius 2 is 2.09 bits per heavy atom. The van der Waals surface area contributed by atoms with Gasteiger partial charge in [0.05, 0.1) is 12.0 Å². The molecule has 0 unspecified atom stereocenters. The molecule has 23 heavy (non-hydrogen) atoms. The quantitative estimate of drug-likeness (QED) is 0.525. The Bertz CT molecular complexity index is 824. The van der Waals surface area contributed by atoms with Gasteiger partial charge in [0.2, 0.25) is 5.82 Å². The van der Waals surface area contributed by atoms with Crippen molar-refractivity contribution < 1.29 is 14.2 Å². The van der Waals surface area contributed by atoms with Crippen molar-refractivity contribution in [2.75, 3.05) is 7.11 Å². The number of nitro groups is 1. The van der Waals surface area contributed by atoms with Crippen LogP contribution in [0.25, 0.3) is 11.4 Å². The summed E-state index contributed by atoms with van der Waals surface area (Å²) < 4.78 is 11.7. The molecule has 0 N–H and O–H groups in total. The third kappa shape index (κ3) is 2.89. The molecule has 0 saturated heterocycles. The largest absolute Gasteiger partial charge is 0.497 e. The van der Waals surface area contributed by atoms with Gasteiger partial charge in [0.1, 0.15) is 24.2 Å². The fraction of sp³-hybridized carbons (Fsp3) is 0.214. The van der Waals surface area contributed by atoms with Gasteiger partial charge in [0, 0.05) is 5.56 Å². The van der Waals surface area contributed by atoms with E-state index in [2.05, 4.69) is 15.2 Å². The van der Waals surface area contributed by atoms with E-state index < -0.39 is 11.0 Å². The molecule has 0 bridgehead atoms. The number of ether oxygens (including phenoxy) is 1. The molecule has 2 aromatic heterocycles. The number of nitrogens with zero attached hydrogens (tertiary/aromatic N) is 5. The summed E-state index contributed by atoms with van der Waals surface area (Å²) in [6, 6.07) is 6.81. The molecule has 0 aliphatic heterocycles. The number of benzene rings is 1. The molecule has 0 spiro atoms. The number of hydrogen-bond acceptors (Lipinski definition) is 7. The predicted octanol–water partition coefficient (Wildman–Crippen LogP) is 2.46. The Hall–Kier alpha value is -3.23. The third-order valence-electron chi connectivity index (χ3n) is 3.34. The van der Waals surface area contributed by atoms with Crippen LogP contribution in [0.4, 0.5) is 5.69 Å². The second-order valence-electron chi connectivity index (χ2n) is 4.80. The van der Waals surface area contributed by atoms with Crippen LogP contribution in [-0.4, -0.2) is 32.0 Å². The van der Waals surface area contributed by atoms with E-state index in [1.165, 1.54) is 17.1 Å². The molecule has 3 rings (SSSR count). The van der Waals surface area contributed by atoms with Crippen molar-refractivity contribution in [1.29, 1.82) is 0 Å². The van der Waals surface area contributed by atoms with Crippen molar-refractivity contribution in [2.45, 2.75) is 13.0 Å². The van der Waals surface area contributed by atoms with E-state index in [0.717, 1.165) is 11.3 Å². The molecule has 9 nitrogen and oxygen atoms in total. The molecule has 0 aliphatic rings. The molecule has 1 atom stereocenters. The summed E-state index contributed by atoms with van der Waals surface area (Å²) in [4.78, 5) is 14.5. The van der Waals surface area contributed by atoms with Gasteiger partial charge >= 0.3 is 5.69 Å². The van der Waals surface area contributed by atoms with Gasteiger partial charge in [-0.3, -0.25) is 14.8 Å². The molecule has 0 aliphatic carbocycles. The Balaban J connectivity index is 1.83. The molecule has 118 valence electrons. The van der Waals surface area contributed by atoms with Crippen molar-refractivity contribution in [1.82, 2.24) is 19.9 Å². The van der Waals surface area contributed by atoms with E-state index in [4.69, 9.17) is 9.26 Å². The summed E-state index contributed by atoms with van der Waals surface area (Å²) >= 11 is 0. The van der Waals surface area contributed by atoms with Gasteiger partial charge < -0.3 is 9.26 Å². The lowest BCUT2D eigenvalue weighted by Crippen LogP contribution is -2.07. The zero-order chi connectivity index (χ0) is 16.4. The van der Waals surface area contributed by atoms with E-state index >= 15 is 0 Å². The first-order valence-corrected chi connectivity index (χ1v) is 6.75. The molecule has 9 heteroatoms. The second kappa shape index (κ2) is 5.87. The molecule has 0 amide bonds. The monoisotopic (exact) mass is 315 g/mol. The van der Waals surface area contributed by atoms with Crippen LogP contribution in [-0.2, 0) is 0 Å². The lowest BCUT2D eigenvalue weighted by Gasteiger charge is -2.05. The highest BCUT2D eigenvalue weighted by molar-refractivity contribution is 5.55. The zero-order valence-corrected chi connectivity index (χ0v) is 12.4. The minimum Gasteiger partial charge on any atom is -0.497 e. The van der Waals surface area contributed by atoms with Crippen LogP contribution >= 0.6 is 0 Å². The van der Waals surface area contributed by atoms with Crippen LogP contribution in [0.1, 0.15) is 18.9 Å². The van der Waals surface area contributed by atoms with E-state index in [-0.39, 0.29) is 5.69 Å². The maximum absolute atomic E-state index is 10.7. The third-order valence-corrected chi connectivity index (χ3v) is 3.34. The zero-order valence-electron chi connectivity index (χ0n) is 12.4. The van der Waals surface area contributed by atoms with Gasteiger partial charge in [0.25, 0.3) is 5.89 Å². The summed E-state index contributed by atoms with van der Waals surface area (Å²) in [7, 11) is 1.59. The second-order valence-corrected chi connectivity index (χ2v) is 4.80. The topological polar surface area (TPSA) is 109 Å². The average Bonchev–Trinajstić information content (AvgIpc) is 3.24. The molecular weight excluding hydrogens is 302 g/mol. The maximum atomic E-state index is 10.7. The number of rotatable bonds is 5. The van der Waals surface area contributed by atoms with Crippen LogP contribution in [0.3, 0.4) is 0 Å². The molecule has 1 aromatic carbocycles. The summed E-state index contributed by atoms with van der Waals surface area (Å²) in [6.45, 7) is 1.77. The Morgan fingerprint density at radius 3 is 2.70 bits per heavy atom. The van der Waals surface area contributed by atoms with Crippen LogP contribution < -0.4 is 4.74 Å². The van der Waals surface area contributed by atoms with Crippen molar-refractivity contribution in [3.63, 3.8) is 0 Å². The average molecular weight is 315 g/mol. The van der Waals surface area contributed by atoms with Gasteiger partial charge in [-0.15, -0.1) is 0 Å². The number of hydrogen-bond donors (Lipinski definition) is 0. The molecule has 3 aromatic rings. The SMILES string of the molecule is COc1ccc(-c2noc([C@@H](C)n3cc([N+](=O)[O-])cn3)n2)cc1. The Kier molecular flexibility index (Phi) is 3.75. The first-order valence-electron chi connectivity index (χ1n) is 6.75. The Morgan fingerprint density at radius 1 is 1.35 bits per heavy atom. The Labute approximate surface area is 130 Å². The first-order chi connectivity index (χ1) is 11.1. The molecule has 0 fully saturated rings. The molecule has 0 saturated carbocycles. The van der Waals surface area contributed by atoms with Crippen LogP contribution in [0, 0.1) is 10.1 Å². The van der Waals surface area contributed by atoms with Crippen molar-refractivity contribution in [3.8, 4) is 17.1 Å². The summed E-state index contributed by atoms with van der Waals surface area (Å²) in [5.74, 6) is 1.47. The molecular formula is C14H13N5O4. The smallest absolute Gasteiger partial charge is 0.307 e. The maximum Gasteiger partial charge on any atom is 0.307 e. The first kappa shape index (κ1) is 14.7.